The third-order valence-corrected chi connectivity index (χ3v) is 7.21. The van der Waals surface area contributed by atoms with Gasteiger partial charge in [-0.1, -0.05) is 12.5 Å². The van der Waals surface area contributed by atoms with E-state index in [2.05, 4.69) is 36.6 Å². The first kappa shape index (κ1) is 21.5. The van der Waals surface area contributed by atoms with Gasteiger partial charge in [-0.3, -0.25) is 14.4 Å². The number of aromatic nitrogens is 1. The van der Waals surface area contributed by atoms with E-state index in [0.717, 1.165) is 36.3 Å². The number of fused-ring (bicyclic) bond motifs is 2. The van der Waals surface area contributed by atoms with Gasteiger partial charge in [-0.15, -0.1) is 0 Å². The predicted molar refractivity (Wildman–Crippen MR) is 119 cm³/mol. The first-order valence-corrected chi connectivity index (χ1v) is 11.3. The zero-order valence-corrected chi connectivity index (χ0v) is 18.9. The first-order chi connectivity index (χ1) is 14.8. The Kier molecular flexibility index (Phi) is 5.87. The van der Waals surface area contributed by atoms with E-state index >= 15 is 0 Å². The number of Topliss-reactive ketones (excluding diaryl/α,β-unsaturated/α-hetero) is 2. The van der Waals surface area contributed by atoms with Crippen LogP contribution in [0.1, 0.15) is 65.0 Å². The Hall–Kier alpha value is -2.69. The van der Waals surface area contributed by atoms with Gasteiger partial charge < -0.3 is 9.30 Å². The van der Waals surface area contributed by atoms with Crippen molar-refractivity contribution in [1.82, 2.24) is 4.57 Å². The number of nitrogens with zero attached hydrogens (tertiary/aromatic N) is 1. The minimum atomic E-state index is -0.333. The largest absolute Gasteiger partial charge is 0.457 e. The van der Waals surface area contributed by atoms with Crippen LogP contribution in [-0.2, 0) is 14.3 Å². The van der Waals surface area contributed by atoms with Crippen molar-refractivity contribution in [3.63, 3.8) is 0 Å². The number of rotatable bonds is 5. The highest BCUT2D eigenvalue weighted by atomic mass is 16.5. The molecular weight excluding hydrogens is 390 g/mol. The number of carbonyl (C=O) groups excluding carboxylic acids is 3. The molecule has 0 spiro atoms. The number of carbonyl (C=O) groups is 3. The molecule has 4 rings (SSSR count). The quantitative estimate of drug-likeness (QED) is 0.512. The average molecular weight is 422 g/mol. The van der Waals surface area contributed by atoms with Crippen molar-refractivity contribution in [2.75, 3.05) is 6.61 Å². The number of ether oxygens (including phenoxy) is 1. The minimum absolute atomic E-state index is 0.00218. The third-order valence-electron chi connectivity index (χ3n) is 7.21. The molecule has 0 aliphatic heterocycles. The molecule has 2 unspecified atom stereocenters. The fraction of sp³-hybridized carbons (Fsp3) is 0.500. The van der Waals surface area contributed by atoms with Crippen LogP contribution in [-0.4, -0.2) is 28.7 Å². The molecule has 0 saturated heterocycles. The molecule has 1 aromatic carbocycles. The van der Waals surface area contributed by atoms with Gasteiger partial charge in [0.2, 0.25) is 5.78 Å². The fourth-order valence-corrected chi connectivity index (χ4v) is 5.31. The van der Waals surface area contributed by atoms with E-state index in [1.165, 1.54) is 11.1 Å². The molecule has 31 heavy (non-hydrogen) atoms. The molecule has 5 nitrogen and oxygen atoms in total. The second-order valence-corrected chi connectivity index (χ2v) is 9.32. The van der Waals surface area contributed by atoms with Crippen LogP contribution < -0.4 is 0 Å². The Morgan fingerprint density at radius 3 is 2.32 bits per heavy atom. The molecule has 2 aliphatic rings. The van der Waals surface area contributed by atoms with Gasteiger partial charge in [0.15, 0.2) is 6.61 Å². The molecule has 0 radical (unpaired) electrons. The van der Waals surface area contributed by atoms with Crippen LogP contribution in [0.15, 0.2) is 24.3 Å². The third kappa shape index (κ3) is 4.10. The summed E-state index contributed by atoms with van der Waals surface area (Å²) in [6.45, 7) is 7.79. The molecule has 2 bridgehead atoms. The average Bonchev–Trinajstić information content (AvgIpc) is 3.02. The van der Waals surface area contributed by atoms with Gasteiger partial charge in [-0.25, -0.2) is 0 Å². The Balaban J connectivity index is 1.44. The molecule has 2 atom stereocenters. The summed E-state index contributed by atoms with van der Waals surface area (Å²) >= 11 is 0. The van der Waals surface area contributed by atoms with Crippen molar-refractivity contribution >= 4 is 17.5 Å². The molecule has 1 aromatic heterocycles. The van der Waals surface area contributed by atoms with Gasteiger partial charge in [0.25, 0.3) is 0 Å². The second-order valence-electron chi connectivity index (χ2n) is 9.32. The molecule has 5 heteroatoms. The Morgan fingerprint density at radius 1 is 1.00 bits per heavy atom. The first-order valence-electron chi connectivity index (χ1n) is 11.3. The Bertz CT molecular complexity index is 1030. The van der Waals surface area contributed by atoms with Crippen LogP contribution in [0, 0.1) is 45.4 Å². The summed E-state index contributed by atoms with van der Waals surface area (Å²) < 4.78 is 7.50. The number of ketones is 2. The molecule has 0 amide bonds. The molecular formula is C26H31NO4. The van der Waals surface area contributed by atoms with E-state index in [4.69, 9.17) is 4.74 Å². The molecule has 1 heterocycles. The van der Waals surface area contributed by atoms with Crippen molar-refractivity contribution in [3.8, 4) is 5.69 Å². The number of hydrogen-bond acceptors (Lipinski definition) is 4. The lowest BCUT2D eigenvalue weighted by molar-refractivity contribution is -0.152. The predicted octanol–water partition coefficient (Wildman–Crippen LogP) is 4.83. The molecule has 2 aliphatic carbocycles. The Morgan fingerprint density at radius 2 is 1.68 bits per heavy atom. The van der Waals surface area contributed by atoms with Gasteiger partial charge >= 0.3 is 5.97 Å². The second kappa shape index (κ2) is 8.45. The summed E-state index contributed by atoms with van der Waals surface area (Å²) in [5.74, 6) is -0.464. The molecule has 2 saturated carbocycles. The fourth-order valence-electron chi connectivity index (χ4n) is 5.31. The van der Waals surface area contributed by atoms with Gasteiger partial charge in [0, 0.05) is 34.5 Å². The number of esters is 1. The summed E-state index contributed by atoms with van der Waals surface area (Å²) in [6.07, 6.45) is 3.97. The molecule has 164 valence electrons. The summed E-state index contributed by atoms with van der Waals surface area (Å²) in [5, 5.41) is 0. The summed E-state index contributed by atoms with van der Waals surface area (Å²) in [5.41, 5.74) is 5.84. The van der Waals surface area contributed by atoms with Crippen LogP contribution >= 0.6 is 0 Å². The van der Waals surface area contributed by atoms with Crippen molar-refractivity contribution in [1.29, 1.82) is 0 Å². The van der Waals surface area contributed by atoms with E-state index in [1.54, 1.807) is 0 Å². The lowest BCUT2D eigenvalue weighted by Crippen LogP contribution is -2.39. The summed E-state index contributed by atoms with van der Waals surface area (Å²) in [7, 11) is 0. The number of hydrogen-bond donors (Lipinski definition) is 0. The van der Waals surface area contributed by atoms with Crippen LogP contribution in [0.2, 0.25) is 0 Å². The highest BCUT2D eigenvalue weighted by Gasteiger charge is 2.41. The summed E-state index contributed by atoms with van der Waals surface area (Å²) in [6, 6.07) is 8.12. The topological polar surface area (TPSA) is 65.4 Å². The van der Waals surface area contributed by atoms with Crippen molar-refractivity contribution in [2.24, 2.45) is 17.8 Å². The maximum atomic E-state index is 12.9. The van der Waals surface area contributed by atoms with Crippen LogP contribution in [0.25, 0.3) is 5.69 Å². The lowest BCUT2D eigenvalue weighted by Gasteiger charge is -2.36. The maximum Gasteiger partial charge on any atom is 0.309 e. The monoisotopic (exact) mass is 421 g/mol. The van der Waals surface area contributed by atoms with E-state index in [1.807, 2.05) is 19.9 Å². The van der Waals surface area contributed by atoms with E-state index < -0.39 is 0 Å². The van der Waals surface area contributed by atoms with E-state index in [9.17, 15) is 14.4 Å². The van der Waals surface area contributed by atoms with Crippen molar-refractivity contribution < 1.29 is 19.1 Å². The van der Waals surface area contributed by atoms with Crippen molar-refractivity contribution in [2.45, 2.75) is 59.8 Å². The smallest absolute Gasteiger partial charge is 0.309 e. The molecule has 0 N–H and O–H groups in total. The molecule has 2 fully saturated rings. The van der Waals surface area contributed by atoms with Gasteiger partial charge in [0.05, 0.1) is 5.92 Å². The van der Waals surface area contributed by atoms with Gasteiger partial charge in [-0.2, -0.15) is 0 Å². The van der Waals surface area contributed by atoms with Gasteiger partial charge in [0.1, 0.15) is 5.78 Å². The van der Waals surface area contributed by atoms with Crippen molar-refractivity contribution in [3.05, 3.63) is 52.3 Å². The number of aryl methyl sites for hydroxylation is 3. The zero-order valence-electron chi connectivity index (χ0n) is 18.9. The molecule has 2 aromatic rings. The van der Waals surface area contributed by atoms with Crippen LogP contribution in [0.3, 0.4) is 0 Å². The standard InChI is InChI=1S/C26H31NO4/c1-15-8-9-22(10-16(15)2)27-17(3)11-23(18(27)4)24(28)14-31-26(30)21-12-19-6-5-7-20(13-21)25(19)29/h8-11,19-21H,5-7,12-14H2,1-4H3. The highest BCUT2D eigenvalue weighted by Crippen LogP contribution is 2.40. The zero-order chi connectivity index (χ0) is 22.3. The lowest BCUT2D eigenvalue weighted by atomic mass is 9.67. The maximum absolute atomic E-state index is 12.9. The van der Waals surface area contributed by atoms with E-state index in [-0.39, 0.29) is 36.1 Å². The minimum Gasteiger partial charge on any atom is -0.457 e. The van der Waals surface area contributed by atoms with Gasteiger partial charge in [-0.05, 0) is 82.7 Å². The highest BCUT2D eigenvalue weighted by molar-refractivity contribution is 5.99. The van der Waals surface area contributed by atoms with E-state index in [0.29, 0.717) is 24.2 Å². The van der Waals surface area contributed by atoms with Crippen LogP contribution in [0.4, 0.5) is 0 Å². The normalized spacial score (nSPS) is 23.0. The number of benzene rings is 1. The van der Waals surface area contributed by atoms with Crippen LogP contribution in [0.5, 0.6) is 0 Å². The Labute approximate surface area is 183 Å². The SMILES string of the molecule is Cc1ccc(-n2c(C)cc(C(=O)COC(=O)C3CC4CCCC(C3)C4=O)c2C)cc1C. The summed E-state index contributed by atoms with van der Waals surface area (Å²) in [4.78, 5) is 37.7.